The van der Waals surface area contributed by atoms with E-state index in [1.54, 1.807) is 4.31 Å². The molecule has 0 aromatic heterocycles. The lowest BCUT2D eigenvalue weighted by Crippen LogP contribution is -2.43. The Labute approximate surface area is 186 Å². The van der Waals surface area contributed by atoms with Crippen LogP contribution in [0.3, 0.4) is 0 Å². The minimum atomic E-state index is -3.37. The van der Waals surface area contributed by atoms with Crippen molar-refractivity contribution in [3.8, 4) is 0 Å². The third-order valence-corrected chi connectivity index (χ3v) is 8.01. The first kappa shape index (κ1) is 23.5. The van der Waals surface area contributed by atoms with Gasteiger partial charge in [0, 0.05) is 25.6 Å². The van der Waals surface area contributed by atoms with Crippen LogP contribution in [0.4, 0.5) is 0 Å². The number of benzene rings is 2. The summed E-state index contributed by atoms with van der Waals surface area (Å²) in [6.45, 7) is 7.54. The van der Waals surface area contributed by atoms with E-state index >= 15 is 0 Å². The molecule has 1 amide bonds. The molecule has 0 unspecified atom stereocenters. The number of piperidine rings is 1. The zero-order valence-electron chi connectivity index (χ0n) is 18.9. The smallest absolute Gasteiger partial charge is 0.223 e. The molecule has 1 fully saturated rings. The SMILES string of the molecule is CCc1ccc(CC)c(CNC(=O)C2CCN(S(=O)(=O)Cc3cccc(C)c3)CC2)c1. The van der Waals surface area contributed by atoms with Gasteiger partial charge in [-0.05, 0) is 54.9 Å². The first-order chi connectivity index (χ1) is 14.8. The molecule has 31 heavy (non-hydrogen) atoms. The molecule has 0 spiro atoms. The van der Waals surface area contributed by atoms with Gasteiger partial charge >= 0.3 is 0 Å². The van der Waals surface area contributed by atoms with E-state index in [0.29, 0.717) is 32.5 Å². The Morgan fingerprint density at radius 1 is 1.00 bits per heavy atom. The average molecular weight is 443 g/mol. The maximum absolute atomic E-state index is 12.8. The lowest BCUT2D eigenvalue weighted by Gasteiger charge is -2.30. The fourth-order valence-corrected chi connectivity index (χ4v) is 5.79. The summed E-state index contributed by atoms with van der Waals surface area (Å²) in [7, 11) is -3.37. The highest BCUT2D eigenvalue weighted by atomic mass is 32.2. The molecule has 3 rings (SSSR count). The molecular weight excluding hydrogens is 408 g/mol. The van der Waals surface area contributed by atoms with Gasteiger partial charge in [0.1, 0.15) is 0 Å². The second kappa shape index (κ2) is 10.4. The van der Waals surface area contributed by atoms with Gasteiger partial charge in [0.15, 0.2) is 0 Å². The number of nitrogens with zero attached hydrogens (tertiary/aromatic N) is 1. The van der Waals surface area contributed by atoms with E-state index in [2.05, 4.69) is 37.4 Å². The number of rotatable bonds is 8. The Morgan fingerprint density at radius 3 is 2.39 bits per heavy atom. The zero-order chi connectivity index (χ0) is 22.4. The van der Waals surface area contributed by atoms with E-state index in [9.17, 15) is 13.2 Å². The van der Waals surface area contributed by atoms with Gasteiger partial charge in [-0.1, -0.05) is 61.9 Å². The number of aryl methyl sites for hydroxylation is 3. The Morgan fingerprint density at radius 2 is 1.74 bits per heavy atom. The van der Waals surface area contributed by atoms with Gasteiger partial charge in [-0.15, -0.1) is 0 Å². The van der Waals surface area contributed by atoms with Crippen LogP contribution >= 0.6 is 0 Å². The minimum absolute atomic E-state index is 0.0130. The van der Waals surface area contributed by atoms with Gasteiger partial charge < -0.3 is 5.32 Å². The molecule has 1 saturated heterocycles. The van der Waals surface area contributed by atoms with Crippen molar-refractivity contribution < 1.29 is 13.2 Å². The summed E-state index contributed by atoms with van der Waals surface area (Å²) >= 11 is 0. The van der Waals surface area contributed by atoms with Gasteiger partial charge in [-0.3, -0.25) is 4.79 Å². The molecule has 1 heterocycles. The molecule has 1 aliphatic rings. The summed E-state index contributed by atoms with van der Waals surface area (Å²) < 4.78 is 27.2. The lowest BCUT2D eigenvalue weighted by molar-refractivity contribution is -0.126. The number of hydrogen-bond acceptors (Lipinski definition) is 3. The van der Waals surface area contributed by atoms with Crippen molar-refractivity contribution in [1.82, 2.24) is 9.62 Å². The molecule has 0 atom stereocenters. The largest absolute Gasteiger partial charge is 0.352 e. The predicted octanol–water partition coefficient (Wildman–Crippen LogP) is 3.98. The second-order valence-electron chi connectivity index (χ2n) is 8.45. The summed E-state index contributed by atoms with van der Waals surface area (Å²) in [5, 5.41) is 3.09. The van der Waals surface area contributed by atoms with Crippen molar-refractivity contribution in [3.05, 3.63) is 70.3 Å². The molecule has 0 radical (unpaired) electrons. The number of hydrogen-bond donors (Lipinski definition) is 1. The molecule has 0 aliphatic carbocycles. The fraction of sp³-hybridized carbons (Fsp3) is 0.480. The summed E-state index contributed by atoms with van der Waals surface area (Å²) in [6, 6.07) is 14.1. The van der Waals surface area contributed by atoms with Gasteiger partial charge in [-0.25, -0.2) is 12.7 Å². The van der Waals surface area contributed by atoms with Gasteiger partial charge in [-0.2, -0.15) is 0 Å². The van der Waals surface area contributed by atoms with Crippen molar-refractivity contribution in [1.29, 1.82) is 0 Å². The number of carbonyl (C=O) groups is 1. The van der Waals surface area contributed by atoms with E-state index in [1.807, 2.05) is 31.2 Å². The molecule has 0 saturated carbocycles. The number of sulfonamides is 1. The van der Waals surface area contributed by atoms with E-state index in [1.165, 1.54) is 16.7 Å². The van der Waals surface area contributed by atoms with Crippen LogP contribution in [0.15, 0.2) is 42.5 Å². The van der Waals surface area contributed by atoms with Crippen LogP contribution < -0.4 is 5.32 Å². The Bertz CT molecular complexity index is 1010. The summed E-state index contributed by atoms with van der Waals surface area (Å²) in [6.07, 6.45) is 3.04. The van der Waals surface area contributed by atoms with Crippen LogP contribution in [-0.4, -0.2) is 31.7 Å². The third-order valence-electron chi connectivity index (χ3n) is 6.16. The number of nitrogens with one attached hydrogen (secondary N) is 1. The van der Waals surface area contributed by atoms with Crippen LogP contribution in [0.2, 0.25) is 0 Å². The molecule has 1 aliphatic heterocycles. The van der Waals surface area contributed by atoms with E-state index in [0.717, 1.165) is 24.0 Å². The molecule has 0 bridgehead atoms. The topological polar surface area (TPSA) is 66.5 Å². The van der Waals surface area contributed by atoms with Crippen molar-refractivity contribution in [2.24, 2.45) is 5.92 Å². The molecule has 168 valence electrons. The summed E-state index contributed by atoms with van der Waals surface area (Å²) in [4.78, 5) is 12.7. The molecule has 2 aromatic carbocycles. The zero-order valence-corrected chi connectivity index (χ0v) is 19.7. The highest BCUT2D eigenvalue weighted by Crippen LogP contribution is 2.22. The van der Waals surface area contributed by atoms with Crippen molar-refractivity contribution >= 4 is 15.9 Å². The molecule has 5 nitrogen and oxygen atoms in total. The van der Waals surface area contributed by atoms with Gasteiger partial charge in [0.2, 0.25) is 15.9 Å². The molecule has 6 heteroatoms. The van der Waals surface area contributed by atoms with Gasteiger partial charge in [0.05, 0.1) is 5.75 Å². The maximum Gasteiger partial charge on any atom is 0.223 e. The Kier molecular flexibility index (Phi) is 7.89. The van der Waals surface area contributed by atoms with Crippen molar-refractivity contribution in [3.63, 3.8) is 0 Å². The minimum Gasteiger partial charge on any atom is -0.352 e. The predicted molar refractivity (Wildman–Crippen MR) is 125 cm³/mol. The second-order valence-corrected chi connectivity index (χ2v) is 10.4. The van der Waals surface area contributed by atoms with Crippen LogP contribution in [0.25, 0.3) is 0 Å². The van der Waals surface area contributed by atoms with Crippen LogP contribution in [-0.2, 0) is 40.0 Å². The monoisotopic (exact) mass is 442 g/mol. The first-order valence-corrected chi connectivity index (χ1v) is 12.8. The standard InChI is InChI=1S/C25H34N2O3S/c1-4-20-9-10-22(5-2)24(16-20)17-26-25(28)23-11-13-27(14-12-23)31(29,30)18-21-8-6-7-19(3)15-21/h6-10,15-16,23H,4-5,11-14,17-18H2,1-3H3,(H,26,28). The fourth-order valence-electron chi connectivity index (χ4n) is 4.24. The van der Waals surface area contributed by atoms with Crippen molar-refractivity contribution in [2.45, 2.75) is 58.8 Å². The molecular formula is C25H34N2O3S. The lowest BCUT2D eigenvalue weighted by atomic mass is 9.96. The highest BCUT2D eigenvalue weighted by Gasteiger charge is 2.31. The van der Waals surface area contributed by atoms with Crippen LogP contribution in [0, 0.1) is 12.8 Å². The Hall–Kier alpha value is -2.18. The molecule has 1 N–H and O–H groups in total. The Balaban J connectivity index is 1.54. The number of carbonyl (C=O) groups excluding carboxylic acids is 1. The van der Waals surface area contributed by atoms with Crippen molar-refractivity contribution in [2.75, 3.05) is 13.1 Å². The molecule has 2 aromatic rings. The van der Waals surface area contributed by atoms with E-state index < -0.39 is 10.0 Å². The van der Waals surface area contributed by atoms with E-state index in [-0.39, 0.29) is 17.6 Å². The van der Waals surface area contributed by atoms with Crippen LogP contribution in [0.5, 0.6) is 0 Å². The summed E-state index contributed by atoms with van der Waals surface area (Å²) in [5.74, 6) is -0.0939. The maximum atomic E-state index is 12.8. The van der Waals surface area contributed by atoms with Gasteiger partial charge in [0.25, 0.3) is 0 Å². The highest BCUT2D eigenvalue weighted by molar-refractivity contribution is 7.88. The third kappa shape index (κ3) is 6.17. The quantitative estimate of drug-likeness (QED) is 0.672. The van der Waals surface area contributed by atoms with Crippen LogP contribution in [0.1, 0.15) is 54.5 Å². The number of amides is 1. The summed E-state index contributed by atoms with van der Waals surface area (Å²) in [5.41, 5.74) is 5.57. The average Bonchev–Trinajstić information content (AvgIpc) is 2.77. The van der Waals surface area contributed by atoms with E-state index in [4.69, 9.17) is 0 Å². The first-order valence-electron chi connectivity index (χ1n) is 11.2. The normalized spacial score (nSPS) is 15.7.